The summed E-state index contributed by atoms with van der Waals surface area (Å²) in [4.78, 5) is 29.4. The summed E-state index contributed by atoms with van der Waals surface area (Å²) in [6.45, 7) is 8.76. The lowest BCUT2D eigenvalue weighted by molar-refractivity contribution is -0.135. The van der Waals surface area contributed by atoms with E-state index in [0.29, 0.717) is 19.5 Å². The molecule has 0 radical (unpaired) electrons. The average Bonchev–Trinajstić information content (AvgIpc) is 2.68. The summed E-state index contributed by atoms with van der Waals surface area (Å²) in [6, 6.07) is 9.79. The molecule has 3 rings (SSSR count). The Balaban J connectivity index is 1.42. The first-order chi connectivity index (χ1) is 13.5. The molecule has 1 N–H and O–H groups in total. The Morgan fingerprint density at radius 2 is 1.82 bits per heavy atom. The van der Waals surface area contributed by atoms with Crippen LogP contribution in [0.4, 0.5) is 0 Å². The van der Waals surface area contributed by atoms with Crippen LogP contribution in [0, 0.1) is 5.92 Å². The molecule has 0 bridgehead atoms. The zero-order chi connectivity index (χ0) is 19.9. The van der Waals surface area contributed by atoms with E-state index < -0.39 is 0 Å². The van der Waals surface area contributed by atoms with Gasteiger partial charge in [0.05, 0.1) is 24.5 Å². The van der Waals surface area contributed by atoms with Gasteiger partial charge in [-0.2, -0.15) is 0 Å². The predicted molar refractivity (Wildman–Crippen MR) is 109 cm³/mol. The molecule has 0 saturated carbocycles. The Labute approximate surface area is 168 Å². The molecule has 1 aromatic rings. The number of hydrogen-bond donors (Lipinski definition) is 1. The lowest BCUT2D eigenvalue weighted by Gasteiger charge is -2.35. The van der Waals surface area contributed by atoms with Gasteiger partial charge in [0.25, 0.3) is 0 Å². The van der Waals surface area contributed by atoms with E-state index in [0.717, 1.165) is 44.6 Å². The third-order valence-corrected chi connectivity index (χ3v) is 5.57. The summed E-state index contributed by atoms with van der Waals surface area (Å²) in [5.41, 5.74) is 1.02. The van der Waals surface area contributed by atoms with Gasteiger partial charge in [-0.1, -0.05) is 30.3 Å². The van der Waals surface area contributed by atoms with E-state index in [-0.39, 0.29) is 29.9 Å². The fourth-order valence-corrected chi connectivity index (χ4v) is 4.25. The van der Waals surface area contributed by atoms with Crippen molar-refractivity contribution >= 4 is 11.8 Å². The molecule has 154 valence electrons. The quantitative estimate of drug-likeness (QED) is 0.807. The molecule has 28 heavy (non-hydrogen) atoms. The van der Waals surface area contributed by atoms with Gasteiger partial charge >= 0.3 is 0 Å². The average molecular weight is 388 g/mol. The maximum absolute atomic E-state index is 12.6. The largest absolute Gasteiger partial charge is 0.373 e. The number of likely N-dealkylation sites (tertiary alicyclic amines) is 1. The van der Waals surface area contributed by atoms with Crippen molar-refractivity contribution in [1.82, 2.24) is 15.1 Å². The number of piperidine rings is 1. The molecular formula is C22H33N3O3. The number of carbonyl (C=O) groups is 2. The van der Waals surface area contributed by atoms with Gasteiger partial charge in [-0.05, 0) is 32.3 Å². The maximum atomic E-state index is 12.6. The van der Waals surface area contributed by atoms with Crippen LogP contribution in [-0.4, -0.2) is 73.1 Å². The van der Waals surface area contributed by atoms with Crippen molar-refractivity contribution in [2.75, 3.05) is 39.3 Å². The van der Waals surface area contributed by atoms with Gasteiger partial charge < -0.3 is 15.0 Å². The van der Waals surface area contributed by atoms with Crippen LogP contribution < -0.4 is 5.32 Å². The van der Waals surface area contributed by atoms with E-state index in [1.807, 2.05) is 35.2 Å². The van der Waals surface area contributed by atoms with E-state index in [2.05, 4.69) is 24.1 Å². The predicted octanol–water partition coefficient (Wildman–Crippen LogP) is 1.69. The van der Waals surface area contributed by atoms with Crippen LogP contribution in [0.15, 0.2) is 30.3 Å². The molecule has 3 unspecified atom stereocenters. The number of nitrogens with one attached hydrogen (secondary N) is 1. The summed E-state index contributed by atoms with van der Waals surface area (Å²) in [7, 11) is 0. The van der Waals surface area contributed by atoms with Crippen LogP contribution >= 0.6 is 0 Å². The van der Waals surface area contributed by atoms with Crippen molar-refractivity contribution in [1.29, 1.82) is 0 Å². The van der Waals surface area contributed by atoms with Gasteiger partial charge in [0, 0.05) is 39.3 Å². The molecule has 2 aliphatic rings. The molecule has 0 aromatic heterocycles. The summed E-state index contributed by atoms with van der Waals surface area (Å²) in [5.74, 6) is 0.0857. The van der Waals surface area contributed by atoms with Crippen LogP contribution in [0.1, 0.15) is 32.3 Å². The van der Waals surface area contributed by atoms with Gasteiger partial charge in [-0.15, -0.1) is 0 Å². The fraction of sp³-hybridized carbons (Fsp3) is 0.636. The minimum atomic E-state index is -0.101. The highest BCUT2D eigenvalue weighted by molar-refractivity contribution is 5.82. The second-order valence-electron chi connectivity index (χ2n) is 8.15. The fourth-order valence-electron chi connectivity index (χ4n) is 4.25. The third-order valence-electron chi connectivity index (χ3n) is 5.57. The first kappa shape index (κ1) is 20.8. The van der Waals surface area contributed by atoms with Crippen molar-refractivity contribution in [2.45, 2.75) is 45.3 Å². The molecule has 3 atom stereocenters. The maximum Gasteiger partial charge on any atom is 0.227 e. The lowest BCUT2D eigenvalue weighted by Crippen LogP contribution is -2.49. The van der Waals surface area contributed by atoms with Crippen molar-refractivity contribution in [3.8, 4) is 0 Å². The highest BCUT2D eigenvalue weighted by Crippen LogP contribution is 2.18. The highest BCUT2D eigenvalue weighted by Gasteiger charge is 2.28. The van der Waals surface area contributed by atoms with Crippen LogP contribution in [0.5, 0.6) is 0 Å². The summed E-state index contributed by atoms with van der Waals surface area (Å²) in [5, 5.41) is 3.08. The van der Waals surface area contributed by atoms with Crippen LogP contribution in [0.3, 0.4) is 0 Å². The monoisotopic (exact) mass is 387 g/mol. The van der Waals surface area contributed by atoms with Crippen molar-refractivity contribution in [3.05, 3.63) is 35.9 Å². The highest BCUT2D eigenvalue weighted by atomic mass is 16.5. The molecule has 2 saturated heterocycles. The Morgan fingerprint density at radius 1 is 1.11 bits per heavy atom. The number of nitrogens with zero attached hydrogens (tertiary/aromatic N) is 2. The van der Waals surface area contributed by atoms with Crippen LogP contribution in [0.2, 0.25) is 0 Å². The molecule has 2 aliphatic heterocycles. The number of benzene rings is 1. The summed E-state index contributed by atoms with van der Waals surface area (Å²) in [6.07, 6.45) is 2.62. The first-order valence-electron chi connectivity index (χ1n) is 10.5. The Bertz CT molecular complexity index is 642. The number of hydrogen-bond acceptors (Lipinski definition) is 4. The number of amides is 2. The topological polar surface area (TPSA) is 61.9 Å². The molecule has 0 aliphatic carbocycles. The Hall–Kier alpha value is -1.92. The Morgan fingerprint density at radius 3 is 2.54 bits per heavy atom. The number of rotatable bonds is 6. The summed E-state index contributed by atoms with van der Waals surface area (Å²) < 4.78 is 5.75. The van der Waals surface area contributed by atoms with E-state index in [9.17, 15) is 9.59 Å². The van der Waals surface area contributed by atoms with E-state index in [1.165, 1.54) is 0 Å². The smallest absolute Gasteiger partial charge is 0.227 e. The zero-order valence-electron chi connectivity index (χ0n) is 17.1. The number of morpholine rings is 1. The lowest BCUT2D eigenvalue weighted by atomic mass is 9.96. The Kier molecular flexibility index (Phi) is 7.45. The van der Waals surface area contributed by atoms with E-state index in [4.69, 9.17) is 4.74 Å². The van der Waals surface area contributed by atoms with Gasteiger partial charge in [0.15, 0.2) is 0 Å². The second-order valence-corrected chi connectivity index (χ2v) is 8.15. The number of ether oxygens (including phenoxy) is 1. The molecule has 2 heterocycles. The minimum Gasteiger partial charge on any atom is -0.373 e. The molecule has 6 heteroatoms. The molecule has 1 aromatic carbocycles. The molecule has 6 nitrogen and oxygen atoms in total. The number of carbonyl (C=O) groups excluding carboxylic acids is 2. The van der Waals surface area contributed by atoms with E-state index >= 15 is 0 Å². The SMILES string of the molecule is CC1CN(CCNC(=O)C2CCCN(C(=O)Cc3ccccc3)C2)CC(C)O1. The first-order valence-corrected chi connectivity index (χ1v) is 10.5. The van der Waals surface area contributed by atoms with Gasteiger partial charge in [0.2, 0.25) is 11.8 Å². The van der Waals surface area contributed by atoms with Crippen molar-refractivity contribution in [3.63, 3.8) is 0 Å². The summed E-state index contributed by atoms with van der Waals surface area (Å²) >= 11 is 0. The van der Waals surface area contributed by atoms with Crippen molar-refractivity contribution < 1.29 is 14.3 Å². The van der Waals surface area contributed by atoms with Crippen LogP contribution in [0.25, 0.3) is 0 Å². The third kappa shape index (κ3) is 6.04. The van der Waals surface area contributed by atoms with Crippen LogP contribution in [-0.2, 0) is 20.7 Å². The molecule has 2 fully saturated rings. The standard InChI is InChI=1S/C22H33N3O3/c1-17-14-24(15-18(2)28-17)12-10-23-22(27)20-9-6-11-25(16-20)21(26)13-19-7-4-3-5-8-19/h3-5,7-8,17-18,20H,6,9-16H2,1-2H3,(H,23,27). The van der Waals surface area contributed by atoms with Gasteiger partial charge in [0.1, 0.15) is 0 Å². The van der Waals surface area contributed by atoms with E-state index in [1.54, 1.807) is 0 Å². The minimum absolute atomic E-state index is 0.0755. The van der Waals surface area contributed by atoms with Gasteiger partial charge in [-0.3, -0.25) is 14.5 Å². The molecule has 2 amide bonds. The normalized spacial score (nSPS) is 26.1. The zero-order valence-corrected chi connectivity index (χ0v) is 17.1. The van der Waals surface area contributed by atoms with Crippen molar-refractivity contribution in [2.24, 2.45) is 5.92 Å². The molecular weight excluding hydrogens is 354 g/mol. The van der Waals surface area contributed by atoms with Gasteiger partial charge in [-0.25, -0.2) is 0 Å². The second kappa shape index (κ2) is 10.0. The molecule has 0 spiro atoms.